The predicted molar refractivity (Wildman–Crippen MR) is 249 cm³/mol. The molecule has 0 bridgehead atoms. The number of carbonyl (C=O) groups is 1. The van der Waals surface area contributed by atoms with E-state index >= 15 is 0 Å². The molecule has 0 aromatic heterocycles. The van der Waals surface area contributed by atoms with Crippen molar-refractivity contribution < 1.29 is 39.8 Å². The fourth-order valence-electron chi connectivity index (χ4n) is 7.89. The largest absolute Gasteiger partial charge is 0.394 e. The number of aliphatic hydroxyl groups is 5. The summed E-state index contributed by atoms with van der Waals surface area (Å²) in [4.78, 5) is 13.0. The molecule has 1 fully saturated rings. The zero-order valence-corrected chi connectivity index (χ0v) is 38.7. The minimum absolute atomic E-state index is 0.188. The van der Waals surface area contributed by atoms with E-state index < -0.39 is 49.5 Å². The smallest absolute Gasteiger partial charge is 0.220 e. The molecule has 1 saturated heterocycles. The molecular weight excluding hydrogens is 755 g/mol. The van der Waals surface area contributed by atoms with Crippen molar-refractivity contribution in [1.82, 2.24) is 5.32 Å². The Morgan fingerprint density at radius 3 is 1.40 bits per heavy atom. The molecule has 1 aliphatic rings. The van der Waals surface area contributed by atoms with Gasteiger partial charge in [0, 0.05) is 6.42 Å². The molecule has 9 heteroatoms. The first kappa shape index (κ1) is 56.4. The summed E-state index contributed by atoms with van der Waals surface area (Å²) in [5.41, 5.74) is 0. The van der Waals surface area contributed by atoms with Crippen LogP contribution in [-0.2, 0) is 14.3 Å². The van der Waals surface area contributed by atoms with E-state index in [0.717, 1.165) is 44.9 Å². The molecule has 352 valence electrons. The molecule has 1 rings (SSSR count). The summed E-state index contributed by atoms with van der Waals surface area (Å²) in [6, 6.07) is -0.824. The molecule has 7 atom stereocenters. The highest BCUT2D eigenvalue weighted by Gasteiger charge is 2.44. The highest BCUT2D eigenvalue weighted by molar-refractivity contribution is 5.76. The Kier molecular flexibility index (Phi) is 39.0. The number of aliphatic hydroxyl groups excluding tert-OH is 5. The number of amides is 1. The van der Waals surface area contributed by atoms with E-state index in [2.05, 4.69) is 43.5 Å². The van der Waals surface area contributed by atoms with Gasteiger partial charge in [0.1, 0.15) is 24.4 Å². The van der Waals surface area contributed by atoms with Crippen LogP contribution in [0.15, 0.2) is 36.5 Å². The van der Waals surface area contributed by atoms with Gasteiger partial charge in [-0.05, 0) is 44.9 Å². The molecule has 0 radical (unpaired) electrons. The highest BCUT2D eigenvalue weighted by atomic mass is 16.7. The van der Waals surface area contributed by atoms with Gasteiger partial charge in [-0.1, -0.05) is 211 Å². The quantitative estimate of drug-likeness (QED) is 0.0263. The third-order valence-electron chi connectivity index (χ3n) is 11.9. The molecule has 1 heterocycles. The topological polar surface area (TPSA) is 149 Å². The molecule has 0 aromatic rings. The maximum Gasteiger partial charge on any atom is 0.220 e. The average Bonchev–Trinajstić information content (AvgIpc) is 3.25. The molecule has 0 spiro atoms. The third kappa shape index (κ3) is 31.3. The number of unbranched alkanes of at least 4 members (excludes halogenated alkanes) is 28. The van der Waals surface area contributed by atoms with E-state index in [9.17, 15) is 30.3 Å². The lowest BCUT2D eigenvalue weighted by Gasteiger charge is -2.40. The number of ether oxygens (including phenoxy) is 2. The number of nitrogens with one attached hydrogen (secondary N) is 1. The van der Waals surface area contributed by atoms with E-state index in [1.807, 2.05) is 6.08 Å². The van der Waals surface area contributed by atoms with E-state index in [0.29, 0.717) is 6.42 Å². The van der Waals surface area contributed by atoms with E-state index in [1.54, 1.807) is 6.08 Å². The van der Waals surface area contributed by atoms with Crippen molar-refractivity contribution in [2.24, 2.45) is 0 Å². The zero-order chi connectivity index (χ0) is 43.7. The molecular formula is C51H95NO8. The van der Waals surface area contributed by atoms with Gasteiger partial charge in [-0.2, -0.15) is 0 Å². The zero-order valence-electron chi connectivity index (χ0n) is 38.7. The molecule has 1 amide bonds. The number of hydrogen-bond donors (Lipinski definition) is 6. The van der Waals surface area contributed by atoms with Gasteiger partial charge in [-0.25, -0.2) is 0 Å². The average molecular weight is 850 g/mol. The van der Waals surface area contributed by atoms with E-state index in [-0.39, 0.29) is 12.5 Å². The molecule has 0 saturated carbocycles. The molecule has 9 nitrogen and oxygen atoms in total. The molecule has 0 aliphatic carbocycles. The first-order chi connectivity index (χ1) is 29.3. The van der Waals surface area contributed by atoms with Gasteiger partial charge in [0.2, 0.25) is 5.91 Å². The maximum absolute atomic E-state index is 13.0. The van der Waals surface area contributed by atoms with E-state index in [4.69, 9.17) is 9.47 Å². The van der Waals surface area contributed by atoms with Crippen LogP contribution < -0.4 is 5.32 Å². The summed E-state index contributed by atoms with van der Waals surface area (Å²) in [5, 5.41) is 54.3. The standard InChI is InChI=1S/C51H95NO8/c1-3-5-7-9-11-13-15-17-19-21-23-24-26-28-30-32-34-36-38-40-45(54)44(43-59-51-50(58)49(57)48(56)46(42-53)60-51)52-47(55)41-39-37-35-33-31-29-27-25-22-20-18-16-14-12-10-8-6-4-2/h23-24,30,32,38,40,44-46,48-51,53-54,56-58H,3-22,25-29,31,33-37,39,41-43H2,1-2H3,(H,52,55)/b24-23+,32-30+,40-38+. The van der Waals surface area contributed by atoms with Crippen LogP contribution >= 0.6 is 0 Å². The summed E-state index contributed by atoms with van der Waals surface area (Å²) >= 11 is 0. The van der Waals surface area contributed by atoms with Gasteiger partial charge < -0.3 is 40.3 Å². The van der Waals surface area contributed by atoms with Crippen molar-refractivity contribution >= 4 is 5.91 Å². The van der Waals surface area contributed by atoms with Crippen molar-refractivity contribution in [2.75, 3.05) is 13.2 Å². The highest BCUT2D eigenvalue weighted by Crippen LogP contribution is 2.23. The summed E-state index contributed by atoms with van der Waals surface area (Å²) in [6.45, 7) is 3.76. The normalized spacial score (nSPS) is 20.8. The monoisotopic (exact) mass is 850 g/mol. The molecule has 60 heavy (non-hydrogen) atoms. The van der Waals surface area contributed by atoms with Crippen molar-refractivity contribution in [1.29, 1.82) is 0 Å². The van der Waals surface area contributed by atoms with Crippen LogP contribution in [0.4, 0.5) is 0 Å². The Morgan fingerprint density at radius 2 is 0.950 bits per heavy atom. The maximum atomic E-state index is 13.0. The van der Waals surface area contributed by atoms with Gasteiger partial charge >= 0.3 is 0 Å². The SMILES string of the molecule is CCCCCCCCCCC/C=C/CC/C=C/CC/C=C/C(O)C(COC1OC(CO)C(O)C(O)C1O)NC(=O)CCCCCCCCCCCCCCCCCCCC. The molecule has 1 aliphatic heterocycles. The second-order valence-electron chi connectivity index (χ2n) is 17.6. The Bertz CT molecular complexity index is 1030. The first-order valence-corrected chi connectivity index (χ1v) is 25.2. The van der Waals surface area contributed by atoms with Gasteiger partial charge in [-0.3, -0.25) is 4.79 Å². The Labute approximate surface area is 368 Å². The van der Waals surface area contributed by atoms with Crippen molar-refractivity contribution in [2.45, 2.75) is 269 Å². The number of rotatable bonds is 42. The van der Waals surface area contributed by atoms with Crippen molar-refractivity contribution in [3.63, 3.8) is 0 Å². The Morgan fingerprint density at radius 1 is 0.550 bits per heavy atom. The van der Waals surface area contributed by atoms with Crippen molar-refractivity contribution in [3.8, 4) is 0 Å². The van der Waals surface area contributed by atoms with Gasteiger partial charge in [0.15, 0.2) is 6.29 Å². The number of hydrogen-bond acceptors (Lipinski definition) is 8. The lowest BCUT2D eigenvalue weighted by Crippen LogP contribution is -2.60. The lowest BCUT2D eigenvalue weighted by atomic mass is 9.99. The van der Waals surface area contributed by atoms with Gasteiger partial charge in [0.05, 0.1) is 25.4 Å². The first-order valence-electron chi connectivity index (χ1n) is 25.2. The van der Waals surface area contributed by atoms with E-state index in [1.165, 1.54) is 161 Å². The minimum Gasteiger partial charge on any atom is -0.394 e. The number of allylic oxidation sites excluding steroid dienone is 5. The second kappa shape index (κ2) is 41.4. The van der Waals surface area contributed by atoms with Gasteiger partial charge in [0.25, 0.3) is 0 Å². The van der Waals surface area contributed by atoms with Crippen molar-refractivity contribution in [3.05, 3.63) is 36.5 Å². The Balaban J connectivity index is 2.34. The van der Waals surface area contributed by atoms with Crippen LogP contribution in [0.3, 0.4) is 0 Å². The molecule has 7 unspecified atom stereocenters. The van der Waals surface area contributed by atoms with Crippen LogP contribution in [0, 0.1) is 0 Å². The van der Waals surface area contributed by atoms with Crippen LogP contribution in [0.25, 0.3) is 0 Å². The third-order valence-corrected chi connectivity index (χ3v) is 11.9. The predicted octanol–water partition coefficient (Wildman–Crippen LogP) is 11.2. The summed E-state index contributed by atoms with van der Waals surface area (Å²) in [6.07, 6.45) is 44.8. The fraction of sp³-hybridized carbons (Fsp3) is 0.863. The lowest BCUT2D eigenvalue weighted by molar-refractivity contribution is -0.302. The van der Waals surface area contributed by atoms with Crippen LogP contribution in [-0.4, -0.2) is 87.5 Å². The van der Waals surface area contributed by atoms with Gasteiger partial charge in [-0.15, -0.1) is 0 Å². The molecule has 0 aromatic carbocycles. The summed E-state index contributed by atoms with van der Waals surface area (Å²) < 4.78 is 11.2. The Hall–Kier alpha value is -1.59. The minimum atomic E-state index is -1.57. The molecule has 6 N–H and O–H groups in total. The van der Waals surface area contributed by atoms with Crippen LogP contribution in [0.2, 0.25) is 0 Å². The van der Waals surface area contributed by atoms with Crippen LogP contribution in [0.5, 0.6) is 0 Å². The summed E-state index contributed by atoms with van der Waals surface area (Å²) in [7, 11) is 0. The number of carbonyl (C=O) groups excluding carboxylic acids is 1. The van der Waals surface area contributed by atoms with Crippen LogP contribution in [0.1, 0.15) is 226 Å². The second-order valence-corrected chi connectivity index (χ2v) is 17.6. The fourth-order valence-corrected chi connectivity index (χ4v) is 7.89. The summed E-state index contributed by atoms with van der Waals surface area (Å²) in [5.74, 6) is -0.188.